The zero-order valence-electron chi connectivity index (χ0n) is 10.7. The SMILES string of the molecule is CNc1cc(NC(C)(C)CCO)nc(SC)n1. The molecular weight excluding hydrogens is 236 g/mol. The molecule has 1 heterocycles. The van der Waals surface area contributed by atoms with E-state index < -0.39 is 0 Å². The summed E-state index contributed by atoms with van der Waals surface area (Å²) in [6.07, 6.45) is 2.61. The molecule has 1 aromatic heterocycles. The number of rotatable bonds is 6. The Bertz CT molecular complexity index is 348. The molecule has 0 aliphatic rings. The lowest BCUT2D eigenvalue weighted by atomic mass is 10.0. The van der Waals surface area contributed by atoms with Crippen LogP contribution >= 0.6 is 11.8 Å². The Kier molecular flexibility index (Phi) is 5.02. The van der Waals surface area contributed by atoms with Crippen LogP contribution in [0.25, 0.3) is 0 Å². The van der Waals surface area contributed by atoms with Crippen molar-refractivity contribution in [1.82, 2.24) is 9.97 Å². The lowest BCUT2D eigenvalue weighted by Crippen LogP contribution is -2.32. The zero-order valence-corrected chi connectivity index (χ0v) is 11.6. The summed E-state index contributed by atoms with van der Waals surface area (Å²) < 4.78 is 0. The molecule has 3 N–H and O–H groups in total. The number of hydrogen-bond acceptors (Lipinski definition) is 6. The third-order valence-corrected chi connectivity index (χ3v) is 2.90. The standard InChI is InChI=1S/C11H20N4OS/c1-11(2,5-6-16)15-9-7-8(12-3)13-10(14-9)17-4/h7,16H,5-6H2,1-4H3,(H2,12,13,14,15). The minimum Gasteiger partial charge on any atom is -0.396 e. The number of hydrogen-bond donors (Lipinski definition) is 3. The third kappa shape index (κ3) is 4.40. The van der Waals surface area contributed by atoms with Crippen LogP contribution in [0.3, 0.4) is 0 Å². The van der Waals surface area contributed by atoms with Crippen LogP contribution in [0.5, 0.6) is 0 Å². The molecule has 0 aromatic carbocycles. The van der Waals surface area contributed by atoms with Gasteiger partial charge in [0.1, 0.15) is 11.6 Å². The molecule has 96 valence electrons. The lowest BCUT2D eigenvalue weighted by molar-refractivity contribution is 0.260. The molecule has 6 heteroatoms. The van der Waals surface area contributed by atoms with Gasteiger partial charge in [-0.2, -0.15) is 0 Å². The van der Waals surface area contributed by atoms with Crippen molar-refractivity contribution >= 4 is 23.4 Å². The van der Waals surface area contributed by atoms with E-state index in [-0.39, 0.29) is 12.1 Å². The van der Waals surface area contributed by atoms with Crippen molar-refractivity contribution in [3.8, 4) is 0 Å². The molecule has 17 heavy (non-hydrogen) atoms. The lowest BCUT2D eigenvalue weighted by Gasteiger charge is -2.26. The molecule has 0 spiro atoms. The Hall–Kier alpha value is -1.01. The molecule has 0 bridgehead atoms. The molecule has 0 aliphatic heterocycles. The summed E-state index contributed by atoms with van der Waals surface area (Å²) in [5.74, 6) is 1.55. The van der Waals surface area contributed by atoms with Crippen molar-refractivity contribution < 1.29 is 5.11 Å². The number of aliphatic hydroxyl groups is 1. The Labute approximate surface area is 106 Å². The molecule has 0 fully saturated rings. The number of anilines is 2. The highest BCUT2D eigenvalue weighted by atomic mass is 32.2. The maximum absolute atomic E-state index is 8.99. The van der Waals surface area contributed by atoms with E-state index in [2.05, 4.69) is 20.6 Å². The Morgan fingerprint density at radius 3 is 2.53 bits per heavy atom. The van der Waals surface area contributed by atoms with Gasteiger partial charge >= 0.3 is 0 Å². The summed E-state index contributed by atoms with van der Waals surface area (Å²) >= 11 is 1.50. The zero-order chi connectivity index (χ0) is 12.9. The van der Waals surface area contributed by atoms with Crippen molar-refractivity contribution in [1.29, 1.82) is 0 Å². The molecule has 0 aliphatic carbocycles. The van der Waals surface area contributed by atoms with Crippen LogP contribution in [-0.2, 0) is 0 Å². The minimum absolute atomic E-state index is 0.152. The molecule has 0 unspecified atom stereocenters. The normalized spacial score (nSPS) is 11.4. The van der Waals surface area contributed by atoms with Gasteiger partial charge in [-0.15, -0.1) is 0 Å². The average Bonchev–Trinajstić information content (AvgIpc) is 2.27. The van der Waals surface area contributed by atoms with Crippen molar-refractivity contribution in [3.63, 3.8) is 0 Å². The average molecular weight is 256 g/mol. The number of nitrogens with one attached hydrogen (secondary N) is 2. The fourth-order valence-electron chi connectivity index (χ4n) is 1.40. The van der Waals surface area contributed by atoms with Gasteiger partial charge in [0.05, 0.1) is 0 Å². The van der Waals surface area contributed by atoms with Gasteiger partial charge < -0.3 is 15.7 Å². The Balaban J connectivity index is 2.89. The van der Waals surface area contributed by atoms with Crippen LogP contribution < -0.4 is 10.6 Å². The first-order valence-electron chi connectivity index (χ1n) is 5.50. The van der Waals surface area contributed by atoms with Gasteiger partial charge in [-0.25, -0.2) is 9.97 Å². The quantitative estimate of drug-likeness (QED) is 0.533. The van der Waals surface area contributed by atoms with Gasteiger partial charge in [-0.3, -0.25) is 0 Å². The molecular formula is C11H20N4OS. The number of aliphatic hydroxyl groups excluding tert-OH is 1. The fourth-order valence-corrected chi connectivity index (χ4v) is 1.78. The van der Waals surface area contributed by atoms with Crippen LogP contribution in [0, 0.1) is 0 Å². The van der Waals surface area contributed by atoms with Crippen LogP contribution in [0.15, 0.2) is 11.2 Å². The van der Waals surface area contributed by atoms with Crippen LogP contribution in [0.1, 0.15) is 20.3 Å². The molecule has 0 saturated carbocycles. The molecule has 0 amide bonds. The number of thioether (sulfide) groups is 1. The van der Waals surface area contributed by atoms with Crippen LogP contribution in [0.2, 0.25) is 0 Å². The molecule has 5 nitrogen and oxygen atoms in total. The monoisotopic (exact) mass is 256 g/mol. The summed E-state index contributed by atoms with van der Waals surface area (Å²) in [7, 11) is 1.83. The van der Waals surface area contributed by atoms with E-state index in [1.165, 1.54) is 11.8 Å². The molecule has 1 rings (SSSR count). The minimum atomic E-state index is -0.191. The topological polar surface area (TPSA) is 70.1 Å². The van der Waals surface area contributed by atoms with Gasteiger partial charge in [0.25, 0.3) is 0 Å². The summed E-state index contributed by atoms with van der Waals surface area (Å²) in [5, 5.41) is 16.0. The first-order valence-corrected chi connectivity index (χ1v) is 6.73. The van der Waals surface area contributed by atoms with E-state index in [0.29, 0.717) is 6.42 Å². The fraction of sp³-hybridized carbons (Fsp3) is 0.636. The van der Waals surface area contributed by atoms with E-state index in [4.69, 9.17) is 5.11 Å². The second-order valence-corrected chi connectivity index (χ2v) is 5.13. The van der Waals surface area contributed by atoms with Crippen LogP contribution in [0.4, 0.5) is 11.6 Å². The van der Waals surface area contributed by atoms with Crippen molar-refractivity contribution in [3.05, 3.63) is 6.07 Å². The summed E-state index contributed by atoms with van der Waals surface area (Å²) in [6, 6.07) is 1.86. The van der Waals surface area contributed by atoms with Gasteiger partial charge in [-0.1, -0.05) is 11.8 Å². The number of aromatic nitrogens is 2. The van der Waals surface area contributed by atoms with Crippen molar-refractivity contribution in [2.45, 2.75) is 31.0 Å². The summed E-state index contributed by atoms with van der Waals surface area (Å²) in [6.45, 7) is 4.21. The van der Waals surface area contributed by atoms with E-state index in [0.717, 1.165) is 16.8 Å². The van der Waals surface area contributed by atoms with Crippen molar-refractivity contribution in [2.24, 2.45) is 0 Å². The summed E-state index contributed by atoms with van der Waals surface area (Å²) in [5.41, 5.74) is -0.191. The van der Waals surface area contributed by atoms with Gasteiger partial charge in [0.15, 0.2) is 5.16 Å². The Morgan fingerprint density at radius 2 is 2.00 bits per heavy atom. The van der Waals surface area contributed by atoms with Gasteiger partial charge in [0, 0.05) is 25.3 Å². The first-order chi connectivity index (χ1) is 8.00. The maximum Gasteiger partial charge on any atom is 0.191 e. The van der Waals surface area contributed by atoms with E-state index in [1.54, 1.807) is 0 Å². The third-order valence-electron chi connectivity index (χ3n) is 2.35. The Morgan fingerprint density at radius 1 is 1.35 bits per heavy atom. The van der Waals surface area contributed by atoms with Crippen molar-refractivity contribution in [2.75, 3.05) is 30.5 Å². The molecule has 1 aromatic rings. The second kappa shape index (κ2) is 6.07. The highest BCUT2D eigenvalue weighted by molar-refractivity contribution is 7.98. The predicted octanol–water partition coefficient (Wildman–Crippen LogP) is 1.81. The van der Waals surface area contributed by atoms with E-state index >= 15 is 0 Å². The number of nitrogens with zero attached hydrogens (tertiary/aromatic N) is 2. The second-order valence-electron chi connectivity index (χ2n) is 4.36. The predicted molar refractivity (Wildman–Crippen MR) is 72.8 cm³/mol. The molecule has 0 radical (unpaired) electrons. The highest BCUT2D eigenvalue weighted by Gasteiger charge is 2.17. The highest BCUT2D eigenvalue weighted by Crippen LogP contribution is 2.21. The van der Waals surface area contributed by atoms with Gasteiger partial charge in [0.2, 0.25) is 0 Å². The first kappa shape index (κ1) is 14.1. The molecule has 0 atom stereocenters. The largest absolute Gasteiger partial charge is 0.396 e. The smallest absolute Gasteiger partial charge is 0.191 e. The van der Waals surface area contributed by atoms with E-state index in [9.17, 15) is 0 Å². The van der Waals surface area contributed by atoms with Gasteiger partial charge in [-0.05, 0) is 26.5 Å². The molecule has 0 saturated heterocycles. The van der Waals surface area contributed by atoms with E-state index in [1.807, 2.05) is 33.2 Å². The summed E-state index contributed by atoms with van der Waals surface area (Å²) in [4.78, 5) is 8.68. The maximum atomic E-state index is 8.99. The van der Waals surface area contributed by atoms with Crippen LogP contribution in [-0.4, -0.2) is 40.5 Å².